The van der Waals surface area contributed by atoms with Crippen molar-refractivity contribution in [1.82, 2.24) is 15.2 Å². The molecule has 2 N–H and O–H groups in total. The van der Waals surface area contributed by atoms with Gasteiger partial charge < -0.3 is 10.3 Å². The van der Waals surface area contributed by atoms with Crippen LogP contribution in [0.25, 0.3) is 10.9 Å². The van der Waals surface area contributed by atoms with Crippen molar-refractivity contribution in [3.63, 3.8) is 0 Å². The molecule has 5 nitrogen and oxygen atoms in total. The minimum Gasteiger partial charge on any atom is -0.361 e. The van der Waals surface area contributed by atoms with Gasteiger partial charge in [0.2, 0.25) is 11.8 Å². The van der Waals surface area contributed by atoms with E-state index in [9.17, 15) is 9.59 Å². The summed E-state index contributed by atoms with van der Waals surface area (Å²) in [6, 6.07) is 17.7. The van der Waals surface area contributed by atoms with E-state index in [1.807, 2.05) is 48.7 Å². The highest BCUT2D eigenvalue weighted by Gasteiger charge is 2.37. The number of carbonyl (C=O) groups excluding carboxylic acids is 2. The van der Waals surface area contributed by atoms with Gasteiger partial charge in [0, 0.05) is 30.2 Å². The van der Waals surface area contributed by atoms with Crippen LogP contribution >= 0.6 is 0 Å². The van der Waals surface area contributed by atoms with Crippen molar-refractivity contribution in [2.24, 2.45) is 0 Å². The molecule has 0 saturated carbocycles. The van der Waals surface area contributed by atoms with Gasteiger partial charge in [-0.05, 0) is 30.0 Å². The quantitative estimate of drug-likeness (QED) is 0.636. The summed E-state index contributed by atoms with van der Waals surface area (Å²) in [5.74, 6) is -0.185. The highest BCUT2D eigenvalue weighted by molar-refractivity contribution is 6.05. The highest BCUT2D eigenvalue weighted by atomic mass is 16.2. The second-order valence-corrected chi connectivity index (χ2v) is 6.94. The van der Waals surface area contributed by atoms with E-state index >= 15 is 0 Å². The topological polar surface area (TPSA) is 65.2 Å². The number of likely N-dealkylation sites (tertiary alicyclic amines) is 1. The van der Waals surface area contributed by atoms with Crippen LogP contribution in [-0.2, 0) is 22.4 Å². The van der Waals surface area contributed by atoms with Gasteiger partial charge >= 0.3 is 0 Å². The number of nitrogens with zero attached hydrogens (tertiary/aromatic N) is 1. The zero-order chi connectivity index (χ0) is 18.6. The normalized spacial score (nSPS) is 17.2. The van der Waals surface area contributed by atoms with E-state index in [0.717, 1.165) is 17.5 Å². The Morgan fingerprint density at radius 2 is 1.78 bits per heavy atom. The number of nitrogens with one attached hydrogen (secondary N) is 2. The number of rotatable bonds is 7. The van der Waals surface area contributed by atoms with E-state index < -0.39 is 6.04 Å². The minimum absolute atomic E-state index is 0.0828. The number of fused-ring (bicyclic) bond motifs is 1. The van der Waals surface area contributed by atoms with Gasteiger partial charge in [-0.2, -0.15) is 0 Å². The Morgan fingerprint density at radius 1 is 1.00 bits per heavy atom. The van der Waals surface area contributed by atoms with Gasteiger partial charge in [-0.15, -0.1) is 0 Å². The monoisotopic (exact) mass is 361 g/mol. The number of para-hydroxylation sites is 1. The lowest BCUT2D eigenvalue weighted by Crippen LogP contribution is -2.40. The summed E-state index contributed by atoms with van der Waals surface area (Å²) in [7, 11) is 0. The average molecular weight is 361 g/mol. The Morgan fingerprint density at radius 3 is 2.63 bits per heavy atom. The van der Waals surface area contributed by atoms with E-state index in [1.54, 1.807) is 0 Å². The van der Waals surface area contributed by atoms with Crippen molar-refractivity contribution in [1.29, 1.82) is 0 Å². The molecule has 1 aromatic heterocycles. The van der Waals surface area contributed by atoms with Crippen LogP contribution in [0.5, 0.6) is 0 Å². The molecule has 0 spiro atoms. The molecule has 1 saturated heterocycles. The number of hydrogen-bond acceptors (Lipinski definition) is 3. The number of H-pyrrole nitrogens is 1. The van der Waals surface area contributed by atoms with Crippen LogP contribution in [0.3, 0.4) is 0 Å². The SMILES string of the molecule is O=C1CC(NCCc2c[nH]c3ccccc23)C(=O)N1CCc1ccccc1. The third-order valence-corrected chi connectivity index (χ3v) is 5.17. The molecule has 1 unspecified atom stereocenters. The standard InChI is InChI=1S/C22H23N3O2/c26-21-14-20(22(27)25(21)13-11-16-6-2-1-3-7-16)23-12-10-17-15-24-19-9-5-4-8-18(17)19/h1-9,15,20,23-24H,10-14H2. The van der Waals surface area contributed by atoms with Crippen LogP contribution < -0.4 is 5.32 Å². The van der Waals surface area contributed by atoms with Crippen LogP contribution in [0.15, 0.2) is 60.8 Å². The fraction of sp³-hybridized carbons (Fsp3) is 0.273. The smallest absolute Gasteiger partial charge is 0.246 e. The van der Waals surface area contributed by atoms with Crippen molar-refractivity contribution in [2.75, 3.05) is 13.1 Å². The van der Waals surface area contributed by atoms with Gasteiger partial charge in [-0.1, -0.05) is 48.5 Å². The van der Waals surface area contributed by atoms with Crippen molar-refractivity contribution in [3.8, 4) is 0 Å². The summed E-state index contributed by atoms with van der Waals surface area (Å²) in [6.45, 7) is 1.11. The Bertz CT molecular complexity index is 948. The van der Waals surface area contributed by atoms with E-state index in [-0.39, 0.29) is 18.2 Å². The molecule has 0 radical (unpaired) electrons. The number of amides is 2. The predicted octanol–water partition coefficient (Wildman–Crippen LogP) is 2.67. The maximum Gasteiger partial charge on any atom is 0.246 e. The third kappa shape index (κ3) is 3.78. The Balaban J connectivity index is 1.31. The van der Waals surface area contributed by atoms with Crippen molar-refractivity contribution < 1.29 is 9.59 Å². The van der Waals surface area contributed by atoms with Gasteiger partial charge in [-0.3, -0.25) is 14.5 Å². The lowest BCUT2D eigenvalue weighted by molar-refractivity contribution is -0.138. The molecule has 1 atom stereocenters. The Hall–Kier alpha value is -2.92. The van der Waals surface area contributed by atoms with Gasteiger partial charge in [0.15, 0.2) is 0 Å². The first kappa shape index (κ1) is 17.5. The summed E-state index contributed by atoms with van der Waals surface area (Å²) in [6.07, 6.45) is 3.77. The van der Waals surface area contributed by atoms with Gasteiger partial charge in [0.05, 0.1) is 12.5 Å². The second kappa shape index (κ2) is 7.76. The van der Waals surface area contributed by atoms with Crippen molar-refractivity contribution in [2.45, 2.75) is 25.3 Å². The number of hydrogen-bond donors (Lipinski definition) is 2. The van der Waals surface area contributed by atoms with E-state index in [0.29, 0.717) is 19.5 Å². The molecule has 2 heterocycles. The average Bonchev–Trinajstić information content (AvgIpc) is 3.22. The second-order valence-electron chi connectivity index (χ2n) is 6.94. The van der Waals surface area contributed by atoms with Crippen molar-refractivity contribution >= 4 is 22.7 Å². The molecule has 2 amide bonds. The first-order valence-corrected chi connectivity index (χ1v) is 9.39. The first-order chi connectivity index (χ1) is 13.2. The van der Waals surface area contributed by atoms with Gasteiger partial charge in [0.25, 0.3) is 0 Å². The molecular formula is C22H23N3O2. The zero-order valence-electron chi connectivity index (χ0n) is 15.2. The van der Waals surface area contributed by atoms with Crippen LogP contribution in [-0.4, -0.2) is 40.8 Å². The zero-order valence-corrected chi connectivity index (χ0v) is 15.2. The molecule has 1 aliphatic heterocycles. The molecule has 3 aromatic rings. The van der Waals surface area contributed by atoms with Crippen LogP contribution in [0.1, 0.15) is 17.5 Å². The van der Waals surface area contributed by atoms with Crippen LogP contribution in [0.2, 0.25) is 0 Å². The largest absolute Gasteiger partial charge is 0.361 e. The molecule has 0 aliphatic carbocycles. The highest BCUT2D eigenvalue weighted by Crippen LogP contribution is 2.18. The minimum atomic E-state index is -0.404. The fourth-order valence-corrected chi connectivity index (χ4v) is 3.68. The van der Waals surface area contributed by atoms with Gasteiger partial charge in [0.1, 0.15) is 0 Å². The summed E-state index contributed by atoms with van der Waals surface area (Å²) < 4.78 is 0. The number of carbonyl (C=O) groups is 2. The molecular weight excluding hydrogens is 338 g/mol. The molecule has 4 rings (SSSR count). The maximum absolute atomic E-state index is 12.6. The van der Waals surface area contributed by atoms with E-state index in [4.69, 9.17) is 0 Å². The molecule has 27 heavy (non-hydrogen) atoms. The third-order valence-electron chi connectivity index (χ3n) is 5.17. The maximum atomic E-state index is 12.6. The van der Waals surface area contributed by atoms with Crippen molar-refractivity contribution in [3.05, 3.63) is 71.9 Å². The fourth-order valence-electron chi connectivity index (χ4n) is 3.68. The molecule has 1 aliphatic rings. The van der Waals surface area contributed by atoms with Gasteiger partial charge in [-0.25, -0.2) is 0 Å². The summed E-state index contributed by atoms with van der Waals surface area (Å²) in [4.78, 5) is 29.5. The van der Waals surface area contributed by atoms with Crippen LogP contribution in [0, 0.1) is 0 Å². The summed E-state index contributed by atoms with van der Waals surface area (Å²) in [5, 5.41) is 4.47. The van der Waals surface area contributed by atoms with E-state index in [2.05, 4.69) is 22.4 Å². The summed E-state index contributed by atoms with van der Waals surface area (Å²) in [5.41, 5.74) is 3.47. The number of benzene rings is 2. The first-order valence-electron chi connectivity index (χ1n) is 9.39. The molecule has 0 bridgehead atoms. The lowest BCUT2D eigenvalue weighted by Gasteiger charge is -2.15. The molecule has 138 valence electrons. The summed E-state index contributed by atoms with van der Waals surface area (Å²) >= 11 is 0. The van der Waals surface area contributed by atoms with E-state index in [1.165, 1.54) is 15.8 Å². The number of imide groups is 1. The predicted molar refractivity (Wildman–Crippen MR) is 105 cm³/mol. The molecule has 5 heteroatoms. The Kier molecular flexibility index (Phi) is 5.03. The molecule has 1 fully saturated rings. The molecule has 2 aromatic carbocycles. The Labute approximate surface area is 158 Å². The van der Waals surface area contributed by atoms with Crippen LogP contribution in [0.4, 0.5) is 0 Å². The number of aromatic amines is 1. The lowest BCUT2D eigenvalue weighted by atomic mass is 10.1. The number of aromatic nitrogens is 1.